The summed E-state index contributed by atoms with van der Waals surface area (Å²) in [6, 6.07) is 1.59. The van der Waals surface area contributed by atoms with Crippen molar-refractivity contribution >= 4 is 17.3 Å². The zero-order valence-electron chi connectivity index (χ0n) is 11.2. The van der Waals surface area contributed by atoms with E-state index in [0.717, 1.165) is 18.9 Å². The van der Waals surface area contributed by atoms with E-state index in [-0.39, 0.29) is 11.6 Å². The van der Waals surface area contributed by atoms with Crippen molar-refractivity contribution in [1.29, 1.82) is 0 Å². The second kappa shape index (κ2) is 6.49. The van der Waals surface area contributed by atoms with Crippen LogP contribution in [0.3, 0.4) is 0 Å². The summed E-state index contributed by atoms with van der Waals surface area (Å²) in [7, 11) is 0. The van der Waals surface area contributed by atoms with Crippen LogP contribution >= 0.6 is 0 Å². The van der Waals surface area contributed by atoms with Crippen LogP contribution in [0.1, 0.15) is 23.2 Å². The Labute approximate surface area is 119 Å². The Bertz CT molecular complexity index is 558. The second-order valence-electron chi connectivity index (χ2n) is 4.88. The first kappa shape index (κ1) is 15.2. The number of nitro benzene ring substituents is 1. The van der Waals surface area contributed by atoms with Gasteiger partial charge in [-0.2, -0.15) is 0 Å². The average Bonchev–Trinajstić information content (AvgIpc) is 2.46. The second-order valence-corrected chi connectivity index (χ2v) is 4.88. The minimum Gasteiger partial charge on any atom is -0.477 e. The van der Waals surface area contributed by atoms with Crippen molar-refractivity contribution in [3.63, 3.8) is 0 Å². The lowest BCUT2D eigenvalue weighted by molar-refractivity contribution is -0.385. The third-order valence-corrected chi connectivity index (χ3v) is 3.35. The molecule has 1 fully saturated rings. The molecule has 8 heteroatoms. The summed E-state index contributed by atoms with van der Waals surface area (Å²) in [5, 5.41) is 22.5. The highest BCUT2D eigenvalue weighted by atomic mass is 19.1. The predicted molar refractivity (Wildman–Crippen MR) is 72.0 cm³/mol. The largest absolute Gasteiger partial charge is 0.477 e. The topological polar surface area (TPSA) is 102 Å². The molecule has 1 aromatic rings. The van der Waals surface area contributed by atoms with Gasteiger partial charge in [0.2, 0.25) is 0 Å². The first-order chi connectivity index (χ1) is 9.99. The van der Waals surface area contributed by atoms with Gasteiger partial charge in [-0.15, -0.1) is 0 Å². The summed E-state index contributed by atoms with van der Waals surface area (Å²) in [6.07, 6.45) is 1.86. The number of benzene rings is 1. The normalized spacial score (nSPS) is 18.2. The third kappa shape index (κ3) is 3.66. The van der Waals surface area contributed by atoms with Crippen LogP contribution in [0.25, 0.3) is 0 Å². The number of rotatable bonds is 5. The summed E-state index contributed by atoms with van der Waals surface area (Å²) >= 11 is 0. The fraction of sp³-hybridized carbons (Fsp3) is 0.462. The molecule has 0 aromatic heterocycles. The zero-order valence-corrected chi connectivity index (χ0v) is 11.2. The molecule has 0 saturated carbocycles. The number of ether oxygens (including phenoxy) is 1. The molecule has 2 N–H and O–H groups in total. The van der Waals surface area contributed by atoms with Crippen molar-refractivity contribution in [3.8, 4) is 0 Å². The standard InChI is InChI=1S/C13H15FN2O5/c14-10-5-12(16(19)20)9(13(17)18)4-11(10)15-6-8-2-1-3-21-7-8/h4-5,8,15H,1-3,6-7H2,(H,17,18). The number of nitrogens with one attached hydrogen (secondary N) is 1. The van der Waals surface area contributed by atoms with Crippen molar-refractivity contribution in [2.75, 3.05) is 25.1 Å². The first-order valence-electron chi connectivity index (χ1n) is 6.52. The van der Waals surface area contributed by atoms with Gasteiger partial charge in [-0.3, -0.25) is 10.1 Å². The highest BCUT2D eigenvalue weighted by Gasteiger charge is 2.23. The van der Waals surface area contributed by atoms with Gasteiger partial charge in [-0.1, -0.05) is 0 Å². The Morgan fingerprint density at radius 3 is 2.90 bits per heavy atom. The van der Waals surface area contributed by atoms with Crippen LogP contribution in [0, 0.1) is 21.8 Å². The molecule has 21 heavy (non-hydrogen) atoms. The van der Waals surface area contributed by atoms with Crippen molar-refractivity contribution < 1.29 is 24.0 Å². The average molecular weight is 298 g/mol. The van der Waals surface area contributed by atoms with E-state index in [1.807, 2.05) is 0 Å². The van der Waals surface area contributed by atoms with Gasteiger partial charge in [-0.25, -0.2) is 9.18 Å². The van der Waals surface area contributed by atoms with Crippen LogP contribution in [-0.2, 0) is 4.74 Å². The van der Waals surface area contributed by atoms with E-state index in [2.05, 4.69) is 5.32 Å². The van der Waals surface area contributed by atoms with Gasteiger partial charge < -0.3 is 15.2 Å². The number of hydrogen-bond donors (Lipinski definition) is 2. The van der Waals surface area contributed by atoms with Crippen LogP contribution in [-0.4, -0.2) is 35.8 Å². The fourth-order valence-electron chi connectivity index (χ4n) is 2.24. The summed E-state index contributed by atoms with van der Waals surface area (Å²) in [5.74, 6) is -2.10. The van der Waals surface area contributed by atoms with Crippen LogP contribution in [0.2, 0.25) is 0 Å². The molecular weight excluding hydrogens is 283 g/mol. The molecule has 1 atom stereocenters. The van der Waals surface area contributed by atoms with Gasteiger partial charge in [-0.05, 0) is 24.8 Å². The Balaban J connectivity index is 2.17. The maximum Gasteiger partial charge on any atom is 0.342 e. The van der Waals surface area contributed by atoms with E-state index in [1.165, 1.54) is 0 Å². The summed E-state index contributed by atoms with van der Waals surface area (Å²) in [4.78, 5) is 20.8. The maximum absolute atomic E-state index is 13.8. The summed E-state index contributed by atoms with van der Waals surface area (Å²) in [6.45, 7) is 1.70. The molecule has 1 saturated heterocycles. The molecule has 0 amide bonds. The van der Waals surface area contributed by atoms with Crippen molar-refractivity contribution in [1.82, 2.24) is 0 Å². The van der Waals surface area contributed by atoms with E-state index in [1.54, 1.807) is 0 Å². The number of carboxylic acid groups (broad SMARTS) is 1. The van der Waals surface area contributed by atoms with Crippen molar-refractivity contribution in [3.05, 3.63) is 33.6 Å². The third-order valence-electron chi connectivity index (χ3n) is 3.35. The van der Waals surface area contributed by atoms with Gasteiger partial charge in [0.25, 0.3) is 5.69 Å². The number of nitrogens with zero attached hydrogens (tertiary/aromatic N) is 1. The Morgan fingerprint density at radius 1 is 1.57 bits per heavy atom. The Hall–Kier alpha value is -2.22. The molecule has 114 valence electrons. The number of carboxylic acids is 1. The van der Waals surface area contributed by atoms with Gasteiger partial charge in [0.1, 0.15) is 5.56 Å². The Kier molecular flexibility index (Phi) is 4.69. The molecule has 1 aliphatic rings. The van der Waals surface area contributed by atoms with E-state index in [4.69, 9.17) is 9.84 Å². The number of halogens is 1. The molecule has 2 rings (SSSR count). The van der Waals surface area contributed by atoms with E-state index in [9.17, 15) is 19.3 Å². The Morgan fingerprint density at radius 2 is 2.33 bits per heavy atom. The minimum absolute atomic E-state index is 0.0522. The monoisotopic (exact) mass is 298 g/mol. The molecule has 7 nitrogen and oxygen atoms in total. The predicted octanol–water partition coefficient (Wildman–Crippen LogP) is 2.27. The lowest BCUT2D eigenvalue weighted by Gasteiger charge is -2.22. The SMILES string of the molecule is O=C(O)c1cc(NCC2CCCOC2)c(F)cc1[N+](=O)[O-]. The first-order valence-corrected chi connectivity index (χ1v) is 6.52. The van der Waals surface area contributed by atoms with Crippen LogP contribution in [0.5, 0.6) is 0 Å². The summed E-state index contributed by atoms with van der Waals surface area (Å²) in [5.41, 5.74) is -1.35. The lowest BCUT2D eigenvalue weighted by Crippen LogP contribution is -2.24. The van der Waals surface area contributed by atoms with Crippen LogP contribution in [0.4, 0.5) is 15.8 Å². The van der Waals surface area contributed by atoms with Gasteiger partial charge >= 0.3 is 5.97 Å². The number of anilines is 1. The number of aromatic carboxylic acids is 1. The lowest BCUT2D eigenvalue weighted by atomic mass is 10.0. The molecule has 0 radical (unpaired) electrons. The highest BCUT2D eigenvalue weighted by Crippen LogP contribution is 2.27. The molecule has 1 heterocycles. The quantitative estimate of drug-likeness (QED) is 0.638. The molecular formula is C13H15FN2O5. The van der Waals surface area contributed by atoms with Crippen molar-refractivity contribution in [2.24, 2.45) is 5.92 Å². The minimum atomic E-state index is -1.47. The van der Waals surface area contributed by atoms with Gasteiger partial charge in [0, 0.05) is 13.2 Å². The van der Waals surface area contributed by atoms with Gasteiger partial charge in [0.05, 0.1) is 23.3 Å². The van der Waals surface area contributed by atoms with E-state index in [0.29, 0.717) is 25.8 Å². The maximum atomic E-state index is 13.8. The molecule has 0 spiro atoms. The van der Waals surface area contributed by atoms with Crippen LogP contribution < -0.4 is 5.32 Å². The summed E-state index contributed by atoms with van der Waals surface area (Å²) < 4.78 is 19.1. The van der Waals surface area contributed by atoms with E-state index >= 15 is 0 Å². The smallest absolute Gasteiger partial charge is 0.342 e. The zero-order chi connectivity index (χ0) is 15.4. The fourth-order valence-corrected chi connectivity index (χ4v) is 2.24. The van der Waals surface area contributed by atoms with Crippen LogP contribution in [0.15, 0.2) is 12.1 Å². The number of nitro groups is 1. The molecule has 1 aliphatic heterocycles. The number of hydrogen-bond acceptors (Lipinski definition) is 5. The molecule has 1 unspecified atom stereocenters. The van der Waals surface area contributed by atoms with Gasteiger partial charge in [0.15, 0.2) is 5.82 Å². The highest BCUT2D eigenvalue weighted by molar-refractivity contribution is 5.93. The molecule has 0 aliphatic carbocycles. The van der Waals surface area contributed by atoms with Crippen molar-refractivity contribution in [2.45, 2.75) is 12.8 Å². The number of carbonyl (C=O) groups is 1. The van der Waals surface area contributed by atoms with E-state index < -0.39 is 28.0 Å². The molecule has 0 bridgehead atoms. The molecule has 1 aromatic carbocycles.